The van der Waals surface area contributed by atoms with Gasteiger partial charge < -0.3 is 4.84 Å². The lowest BCUT2D eigenvalue weighted by atomic mass is 10.1. The zero-order valence-electron chi connectivity index (χ0n) is 16.8. The molecule has 0 amide bonds. The highest BCUT2D eigenvalue weighted by molar-refractivity contribution is 5.13. The molecule has 0 radical (unpaired) electrons. The van der Waals surface area contributed by atoms with Gasteiger partial charge in [-0.3, -0.25) is 15.0 Å². The number of rotatable bonds is 3. The average molecular weight is 357 g/mol. The SMILES string of the molecule is CC(C)C1C=CON1.CC(C)c1ccncc1.CC(C)c1cnccn1. The van der Waals surface area contributed by atoms with Crippen LogP contribution in [0.15, 0.2) is 55.5 Å². The van der Waals surface area contributed by atoms with Gasteiger partial charge in [-0.1, -0.05) is 41.5 Å². The number of nitrogens with zero attached hydrogens (tertiary/aromatic N) is 3. The normalized spacial score (nSPS) is 15.2. The zero-order chi connectivity index (χ0) is 19.4. The molecule has 1 aliphatic rings. The third-order valence-electron chi connectivity index (χ3n) is 3.82. The zero-order valence-corrected chi connectivity index (χ0v) is 16.8. The largest absolute Gasteiger partial charge is 0.416 e. The molecule has 0 aromatic carbocycles. The maximum absolute atomic E-state index is 4.79. The topological polar surface area (TPSA) is 59.9 Å². The summed E-state index contributed by atoms with van der Waals surface area (Å²) >= 11 is 0. The molecule has 2 aromatic rings. The molecule has 2 aromatic heterocycles. The number of hydroxylamine groups is 1. The van der Waals surface area contributed by atoms with Crippen molar-refractivity contribution in [2.45, 2.75) is 59.4 Å². The first kappa shape index (κ1) is 21.8. The summed E-state index contributed by atoms with van der Waals surface area (Å²) in [7, 11) is 0. The van der Waals surface area contributed by atoms with Gasteiger partial charge >= 0.3 is 0 Å². The molecule has 1 N–H and O–H groups in total. The fourth-order valence-electron chi connectivity index (χ4n) is 2.00. The summed E-state index contributed by atoms with van der Waals surface area (Å²) in [5, 5.41) is 0. The number of hydrogen-bond donors (Lipinski definition) is 1. The van der Waals surface area contributed by atoms with Crippen LogP contribution in [-0.4, -0.2) is 21.0 Å². The van der Waals surface area contributed by atoms with Crippen LogP contribution in [0.2, 0.25) is 0 Å². The van der Waals surface area contributed by atoms with Gasteiger partial charge in [0.05, 0.1) is 11.7 Å². The Hall–Kier alpha value is -2.27. The minimum Gasteiger partial charge on any atom is -0.416 e. The smallest absolute Gasteiger partial charge is 0.109 e. The highest BCUT2D eigenvalue weighted by Crippen LogP contribution is 2.10. The van der Waals surface area contributed by atoms with Crippen molar-refractivity contribution < 1.29 is 4.84 Å². The van der Waals surface area contributed by atoms with E-state index in [9.17, 15) is 0 Å². The van der Waals surface area contributed by atoms with Gasteiger partial charge in [-0.2, -0.15) is 5.48 Å². The van der Waals surface area contributed by atoms with E-state index < -0.39 is 0 Å². The second-order valence-electron chi connectivity index (χ2n) is 7.05. The Kier molecular flexibility index (Phi) is 10.2. The van der Waals surface area contributed by atoms with Crippen LogP contribution < -0.4 is 5.48 Å². The van der Waals surface area contributed by atoms with E-state index in [4.69, 9.17) is 4.84 Å². The molecule has 5 heteroatoms. The molecule has 3 heterocycles. The minimum atomic E-state index is 0.412. The van der Waals surface area contributed by atoms with Crippen molar-refractivity contribution in [1.29, 1.82) is 0 Å². The van der Waals surface area contributed by atoms with E-state index in [1.165, 1.54) is 5.56 Å². The molecule has 0 saturated heterocycles. The first-order valence-electron chi connectivity index (χ1n) is 9.15. The van der Waals surface area contributed by atoms with Gasteiger partial charge in [0.2, 0.25) is 0 Å². The summed E-state index contributed by atoms with van der Waals surface area (Å²) < 4.78 is 0. The molecule has 5 nitrogen and oxygen atoms in total. The molecular weight excluding hydrogens is 324 g/mol. The molecule has 142 valence electrons. The number of hydrogen-bond acceptors (Lipinski definition) is 5. The Bertz CT molecular complexity index is 569. The number of aromatic nitrogens is 3. The van der Waals surface area contributed by atoms with E-state index >= 15 is 0 Å². The molecular formula is C21H32N4O. The standard InChI is InChI=1S/C8H11N.C7H10N2.C6H11NO/c1-7(2)8-3-5-9-6-4-8;1-6(2)7-5-8-3-4-9-7;1-5(2)6-3-4-8-7-6/h3-7H,1-2H3;3-6H,1-2H3;3-7H,1-2H3. The Balaban J connectivity index is 0.000000195. The Morgan fingerprint density at radius 2 is 1.58 bits per heavy atom. The number of nitrogens with one attached hydrogen (secondary N) is 1. The average Bonchev–Trinajstić information content (AvgIpc) is 3.19. The Morgan fingerprint density at radius 1 is 0.885 bits per heavy atom. The fourth-order valence-corrected chi connectivity index (χ4v) is 2.00. The molecule has 1 unspecified atom stereocenters. The predicted octanol–water partition coefficient (Wildman–Crippen LogP) is 4.86. The van der Waals surface area contributed by atoms with Crippen molar-refractivity contribution >= 4 is 0 Å². The van der Waals surface area contributed by atoms with Gasteiger partial charge in [0.15, 0.2) is 0 Å². The molecule has 0 saturated carbocycles. The minimum absolute atomic E-state index is 0.412. The summed E-state index contributed by atoms with van der Waals surface area (Å²) in [6, 6.07) is 4.50. The van der Waals surface area contributed by atoms with Crippen LogP contribution in [0, 0.1) is 5.92 Å². The quantitative estimate of drug-likeness (QED) is 0.850. The van der Waals surface area contributed by atoms with Crippen LogP contribution in [0.1, 0.15) is 64.6 Å². The second kappa shape index (κ2) is 12.1. The molecule has 0 spiro atoms. The lowest BCUT2D eigenvalue weighted by Gasteiger charge is -2.09. The molecule has 3 rings (SSSR count). The molecule has 1 aliphatic heterocycles. The summed E-state index contributed by atoms with van der Waals surface area (Å²) in [6.07, 6.45) is 12.6. The van der Waals surface area contributed by atoms with Crippen LogP contribution in [0.3, 0.4) is 0 Å². The third kappa shape index (κ3) is 8.72. The number of pyridine rings is 1. The first-order chi connectivity index (χ1) is 12.4. The van der Waals surface area contributed by atoms with E-state index in [0.29, 0.717) is 23.8 Å². The van der Waals surface area contributed by atoms with Gasteiger partial charge in [0.25, 0.3) is 0 Å². The maximum Gasteiger partial charge on any atom is 0.109 e. The van der Waals surface area contributed by atoms with E-state index in [-0.39, 0.29) is 0 Å². The molecule has 0 aliphatic carbocycles. The Labute approximate surface area is 157 Å². The highest BCUT2D eigenvalue weighted by atomic mass is 16.6. The highest BCUT2D eigenvalue weighted by Gasteiger charge is 2.12. The van der Waals surface area contributed by atoms with Gasteiger partial charge in [0.1, 0.15) is 6.26 Å². The van der Waals surface area contributed by atoms with Crippen LogP contribution in [-0.2, 0) is 4.84 Å². The van der Waals surface area contributed by atoms with Gasteiger partial charge in [-0.05, 0) is 41.5 Å². The molecule has 26 heavy (non-hydrogen) atoms. The summed E-state index contributed by atoms with van der Waals surface area (Å²) in [5.74, 6) is 1.72. The van der Waals surface area contributed by atoms with Gasteiger partial charge in [-0.15, -0.1) is 0 Å². The van der Waals surface area contributed by atoms with Crippen molar-refractivity contribution in [2.75, 3.05) is 0 Å². The van der Waals surface area contributed by atoms with Crippen LogP contribution in [0.25, 0.3) is 0 Å². The lowest BCUT2D eigenvalue weighted by molar-refractivity contribution is 0.128. The van der Waals surface area contributed by atoms with Crippen molar-refractivity contribution in [1.82, 2.24) is 20.4 Å². The van der Waals surface area contributed by atoms with Crippen LogP contribution in [0.5, 0.6) is 0 Å². The molecule has 0 fully saturated rings. The maximum atomic E-state index is 4.79. The molecule has 0 bridgehead atoms. The fraction of sp³-hybridized carbons (Fsp3) is 0.476. The summed E-state index contributed by atoms with van der Waals surface area (Å²) in [5.41, 5.74) is 5.25. The van der Waals surface area contributed by atoms with Crippen molar-refractivity contribution in [3.8, 4) is 0 Å². The van der Waals surface area contributed by atoms with Gasteiger partial charge in [0, 0.05) is 31.0 Å². The molecule has 1 atom stereocenters. The van der Waals surface area contributed by atoms with E-state index in [1.807, 2.05) is 30.6 Å². The Morgan fingerprint density at radius 3 is 1.88 bits per heavy atom. The predicted molar refractivity (Wildman–Crippen MR) is 106 cm³/mol. The van der Waals surface area contributed by atoms with E-state index in [1.54, 1.807) is 24.9 Å². The van der Waals surface area contributed by atoms with Crippen molar-refractivity contribution in [3.63, 3.8) is 0 Å². The second-order valence-corrected chi connectivity index (χ2v) is 7.05. The summed E-state index contributed by atoms with van der Waals surface area (Å²) in [6.45, 7) is 12.9. The first-order valence-corrected chi connectivity index (χ1v) is 9.15. The third-order valence-corrected chi connectivity index (χ3v) is 3.82. The summed E-state index contributed by atoms with van der Waals surface area (Å²) in [4.78, 5) is 16.8. The van der Waals surface area contributed by atoms with Crippen molar-refractivity contribution in [2.24, 2.45) is 5.92 Å². The van der Waals surface area contributed by atoms with E-state index in [2.05, 4.69) is 62.0 Å². The van der Waals surface area contributed by atoms with E-state index in [0.717, 1.165) is 5.69 Å². The van der Waals surface area contributed by atoms with Crippen LogP contribution in [0.4, 0.5) is 0 Å². The van der Waals surface area contributed by atoms with Gasteiger partial charge in [-0.25, -0.2) is 0 Å². The van der Waals surface area contributed by atoms with Crippen LogP contribution >= 0.6 is 0 Å². The van der Waals surface area contributed by atoms with Crippen molar-refractivity contribution in [3.05, 3.63) is 66.7 Å². The monoisotopic (exact) mass is 356 g/mol. The lowest BCUT2D eigenvalue weighted by Crippen LogP contribution is -2.25.